The number of hydrogen-bond donors (Lipinski definition) is 0. The van der Waals surface area contributed by atoms with Crippen molar-refractivity contribution in [3.63, 3.8) is 0 Å². The summed E-state index contributed by atoms with van der Waals surface area (Å²) in [6, 6.07) is 0. The van der Waals surface area contributed by atoms with Crippen molar-refractivity contribution in [3.8, 4) is 0 Å². The molecule has 2 aliphatic heterocycles. The van der Waals surface area contributed by atoms with Crippen molar-refractivity contribution < 1.29 is 19.1 Å². The molecule has 2 aliphatic rings. The van der Waals surface area contributed by atoms with Crippen LogP contribution in [0.3, 0.4) is 0 Å². The van der Waals surface area contributed by atoms with Crippen LogP contribution < -0.4 is 0 Å². The Hall–Kier alpha value is -3.41. The molecule has 0 spiro atoms. The first-order chi connectivity index (χ1) is 19.0. The van der Waals surface area contributed by atoms with E-state index in [1.807, 2.05) is 4.90 Å². The number of rotatable bonds is 16. The maximum Gasteiger partial charge on any atom is 0.330 e. The molecule has 0 bridgehead atoms. The summed E-state index contributed by atoms with van der Waals surface area (Å²) in [5.74, 6) is 0.106. The lowest BCUT2D eigenvalue weighted by molar-refractivity contribution is -0.135. The molecular formula is C33H46N2O4. The van der Waals surface area contributed by atoms with Crippen molar-refractivity contribution in [3.05, 3.63) is 85.1 Å². The summed E-state index contributed by atoms with van der Waals surface area (Å²) in [5, 5.41) is 0. The second-order valence-corrected chi connectivity index (χ2v) is 9.87. The second-order valence-electron chi connectivity index (χ2n) is 9.87. The highest BCUT2D eigenvalue weighted by molar-refractivity contribution is 5.94. The van der Waals surface area contributed by atoms with E-state index >= 15 is 0 Å². The number of esters is 1. The normalized spacial score (nSPS) is 19.9. The van der Waals surface area contributed by atoms with Crippen LogP contribution >= 0.6 is 0 Å². The van der Waals surface area contributed by atoms with Crippen molar-refractivity contribution in [2.24, 2.45) is 11.8 Å². The Morgan fingerprint density at radius 3 is 1.54 bits per heavy atom. The van der Waals surface area contributed by atoms with Gasteiger partial charge in [-0.25, -0.2) is 4.79 Å². The van der Waals surface area contributed by atoms with E-state index in [9.17, 15) is 14.4 Å². The van der Waals surface area contributed by atoms with E-state index in [-0.39, 0.29) is 11.8 Å². The largest absolute Gasteiger partial charge is 0.466 e. The van der Waals surface area contributed by atoms with Crippen LogP contribution in [-0.4, -0.2) is 60.9 Å². The van der Waals surface area contributed by atoms with Gasteiger partial charge in [0.1, 0.15) is 0 Å². The van der Waals surface area contributed by atoms with Gasteiger partial charge in [0.05, 0.1) is 7.11 Å². The number of methoxy groups -OCH3 is 1. The summed E-state index contributed by atoms with van der Waals surface area (Å²) in [6.07, 6.45) is 35.7. The molecule has 6 nitrogen and oxygen atoms in total. The Morgan fingerprint density at radius 2 is 1.08 bits per heavy atom. The first-order valence-electron chi connectivity index (χ1n) is 14.3. The van der Waals surface area contributed by atoms with Crippen molar-refractivity contribution in [1.29, 1.82) is 0 Å². The van der Waals surface area contributed by atoms with Gasteiger partial charge in [-0.1, -0.05) is 79.8 Å². The molecule has 2 atom stereocenters. The minimum atomic E-state index is -0.536. The highest BCUT2D eigenvalue weighted by atomic mass is 16.5. The molecule has 2 amide bonds. The lowest BCUT2D eigenvalue weighted by Gasteiger charge is -2.21. The van der Waals surface area contributed by atoms with Crippen molar-refractivity contribution in [2.45, 2.75) is 58.3 Å². The van der Waals surface area contributed by atoms with Gasteiger partial charge >= 0.3 is 5.97 Å². The maximum atomic E-state index is 12.6. The van der Waals surface area contributed by atoms with E-state index in [1.165, 1.54) is 13.2 Å². The highest BCUT2D eigenvalue weighted by Gasteiger charge is 2.42. The smallest absolute Gasteiger partial charge is 0.330 e. The standard InChI is InChI=1S/C33H46N2O4/c1-3-4-5-6-7-8-9-10-11-12-13-14-15-16-17-18-19-20-21-22-31(36)34-25-29-27-35(28-30(29)26-34)32(37)23-24-33(38)39-2/h4-5,7-8,10-11,13-14,16-17,19-20,23-24,29-30H,3,6,9,12,15,18,21-22,25-28H2,1-2H3/b5-4-,8-7-,11-10-,14-13-,17-16-,20-19-,24-23+. The third-order valence-electron chi connectivity index (χ3n) is 6.84. The number of ether oxygens (including phenoxy) is 1. The van der Waals surface area contributed by atoms with Crippen molar-refractivity contribution >= 4 is 17.8 Å². The van der Waals surface area contributed by atoms with Gasteiger partial charge in [-0.15, -0.1) is 0 Å². The van der Waals surface area contributed by atoms with E-state index in [0.717, 1.165) is 51.0 Å². The molecule has 2 unspecified atom stereocenters. The number of hydrogen-bond acceptors (Lipinski definition) is 4. The molecule has 2 heterocycles. The summed E-state index contributed by atoms with van der Waals surface area (Å²) in [7, 11) is 1.28. The van der Waals surface area contributed by atoms with Gasteiger partial charge in [0.2, 0.25) is 11.8 Å². The number of nitrogens with zero attached hydrogens (tertiary/aromatic N) is 2. The number of carbonyl (C=O) groups excluding carboxylic acids is 3. The van der Waals surface area contributed by atoms with Gasteiger partial charge in [0, 0.05) is 56.6 Å². The summed E-state index contributed by atoms with van der Waals surface area (Å²) < 4.78 is 4.52. The summed E-state index contributed by atoms with van der Waals surface area (Å²) >= 11 is 0. The minimum Gasteiger partial charge on any atom is -0.466 e. The Morgan fingerprint density at radius 1 is 0.641 bits per heavy atom. The van der Waals surface area contributed by atoms with Crippen LogP contribution in [0.25, 0.3) is 0 Å². The fourth-order valence-electron chi connectivity index (χ4n) is 4.69. The van der Waals surface area contributed by atoms with Crippen molar-refractivity contribution in [2.75, 3.05) is 33.3 Å². The zero-order chi connectivity index (χ0) is 28.1. The predicted octanol–water partition coefficient (Wildman–Crippen LogP) is 6.11. The second kappa shape index (κ2) is 19.6. The summed E-state index contributed by atoms with van der Waals surface area (Å²) in [5.41, 5.74) is 0. The van der Waals surface area contributed by atoms with Crippen LogP contribution in [0.5, 0.6) is 0 Å². The average Bonchev–Trinajstić information content (AvgIpc) is 3.52. The molecule has 2 rings (SSSR count). The maximum absolute atomic E-state index is 12.6. The molecule has 0 aromatic rings. The van der Waals surface area contributed by atoms with Crippen LogP contribution in [-0.2, 0) is 19.1 Å². The molecule has 0 aromatic heterocycles. The van der Waals surface area contributed by atoms with Crippen LogP contribution in [0.2, 0.25) is 0 Å². The van der Waals surface area contributed by atoms with E-state index in [4.69, 9.17) is 0 Å². The van der Waals surface area contributed by atoms with Crippen LogP contribution in [0.4, 0.5) is 0 Å². The van der Waals surface area contributed by atoms with Crippen LogP contribution in [0, 0.1) is 11.8 Å². The average molecular weight is 535 g/mol. The van der Waals surface area contributed by atoms with Crippen LogP contribution in [0.15, 0.2) is 85.1 Å². The molecular weight excluding hydrogens is 488 g/mol. The third kappa shape index (κ3) is 13.3. The van der Waals surface area contributed by atoms with E-state index < -0.39 is 5.97 Å². The lowest BCUT2D eigenvalue weighted by atomic mass is 10.0. The van der Waals surface area contributed by atoms with Crippen molar-refractivity contribution in [1.82, 2.24) is 9.80 Å². The molecule has 2 fully saturated rings. The predicted molar refractivity (Wildman–Crippen MR) is 159 cm³/mol. The number of amides is 2. The fourth-order valence-corrected chi connectivity index (χ4v) is 4.69. The van der Waals surface area contributed by atoms with Gasteiger partial charge < -0.3 is 14.5 Å². The van der Waals surface area contributed by atoms with Crippen LogP contribution in [0.1, 0.15) is 58.3 Å². The topological polar surface area (TPSA) is 66.9 Å². The first-order valence-corrected chi connectivity index (χ1v) is 14.3. The van der Waals surface area contributed by atoms with Gasteiger partial charge in [-0.3, -0.25) is 9.59 Å². The van der Waals surface area contributed by atoms with Gasteiger partial charge in [0.25, 0.3) is 0 Å². The summed E-state index contributed by atoms with van der Waals surface area (Å²) in [4.78, 5) is 39.7. The Bertz CT molecular complexity index is 956. The minimum absolute atomic E-state index is 0.176. The molecule has 39 heavy (non-hydrogen) atoms. The molecule has 2 saturated heterocycles. The van der Waals surface area contributed by atoms with E-state index in [1.54, 1.807) is 4.90 Å². The number of carbonyl (C=O) groups is 3. The zero-order valence-electron chi connectivity index (χ0n) is 23.8. The Kier molecular flexibility index (Phi) is 16.0. The number of likely N-dealkylation sites (tertiary alicyclic amines) is 2. The van der Waals surface area contributed by atoms with Gasteiger partial charge in [-0.2, -0.15) is 0 Å². The number of fused-ring (bicyclic) bond motifs is 1. The molecule has 0 saturated carbocycles. The molecule has 0 radical (unpaired) electrons. The molecule has 0 N–H and O–H groups in total. The van der Waals surface area contributed by atoms with E-state index in [2.05, 4.69) is 84.6 Å². The summed E-state index contributed by atoms with van der Waals surface area (Å²) in [6.45, 7) is 4.82. The monoisotopic (exact) mass is 534 g/mol. The van der Waals surface area contributed by atoms with E-state index in [0.29, 0.717) is 44.4 Å². The fraction of sp³-hybridized carbons (Fsp3) is 0.485. The quantitative estimate of drug-likeness (QED) is 0.136. The molecule has 0 aliphatic carbocycles. The molecule has 0 aromatic carbocycles. The lowest BCUT2D eigenvalue weighted by Crippen LogP contribution is -2.35. The third-order valence-corrected chi connectivity index (χ3v) is 6.84. The van der Waals surface area contributed by atoms with Gasteiger partial charge in [-0.05, 0) is 44.9 Å². The number of allylic oxidation sites excluding steroid dienone is 12. The highest BCUT2D eigenvalue weighted by Crippen LogP contribution is 2.31. The van der Waals surface area contributed by atoms with Gasteiger partial charge in [0.15, 0.2) is 0 Å². The first kappa shape index (κ1) is 31.8. The zero-order valence-corrected chi connectivity index (χ0v) is 23.8. The molecule has 212 valence electrons. The molecule has 6 heteroatoms. The SMILES string of the molecule is CC/C=C\C/C=C\C/C=C\C/C=C\C/C=C\C/C=C\CCC(=O)N1CC2CN(C(=O)/C=C/C(=O)OC)CC2C1. The Labute approximate surface area is 235 Å². The Balaban J connectivity index is 1.50.